The lowest BCUT2D eigenvalue weighted by Crippen LogP contribution is -2.33. The van der Waals surface area contributed by atoms with Crippen molar-refractivity contribution < 1.29 is 14.7 Å². The SMILES string of the molecule is O=C(CC1SC(=NN=CC=Cc2ccccc2)N(c2ccc(O)cc2)C1=O)Nc1ccc(Cl)cc1. The zero-order valence-corrected chi connectivity index (χ0v) is 20.0. The van der Waals surface area contributed by atoms with Gasteiger partial charge in [0.25, 0.3) is 0 Å². The van der Waals surface area contributed by atoms with Gasteiger partial charge in [-0.15, -0.1) is 5.10 Å². The minimum absolute atomic E-state index is 0.0443. The summed E-state index contributed by atoms with van der Waals surface area (Å²) in [6.07, 6.45) is 5.12. The van der Waals surface area contributed by atoms with Crippen LogP contribution in [0, 0.1) is 0 Å². The fourth-order valence-corrected chi connectivity index (χ4v) is 4.47. The van der Waals surface area contributed by atoms with Crippen molar-refractivity contribution in [2.45, 2.75) is 11.7 Å². The maximum absolute atomic E-state index is 13.2. The Bertz CT molecular complexity index is 1280. The van der Waals surface area contributed by atoms with Gasteiger partial charge < -0.3 is 10.4 Å². The summed E-state index contributed by atoms with van der Waals surface area (Å²) < 4.78 is 0. The van der Waals surface area contributed by atoms with Gasteiger partial charge >= 0.3 is 0 Å². The molecule has 0 spiro atoms. The van der Waals surface area contributed by atoms with Gasteiger partial charge in [-0.3, -0.25) is 14.5 Å². The van der Waals surface area contributed by atoms with Gasteiger partial charge in [-0.2, -0.15) is 5.10 Å². The van der Waals surface area contributed by atoms with Crippen molar-refractivity contribution in [1.29, 1.82) is 0 Å². The number of phenols is 1. The summed E-state index contributed by atoms with van der Waals surface area (Å²) in [6, 6.07) is 22.7. The van der Waals surface area contributed by atoms with E-state index in [1.165, 1.54) is 35.0 Å². The molecule has 1 heterocycles. The van der Waals surface area contributed by atoms with E-state index >= 15 is 0 Å². The fraction of sp³-hybridized carbons (Fsp3) is 0.0769. The first kappa shape index (κ1) is 24.3. The van der Waals surface area contributed by atoms with Crippen molar-refractivity contribution in [2.24, 2.45) is 10.2 Å². The second-order valence-corrected chi connectivity index (χ2v) is 9.08. The molecule has 2 amide bonds. The Labute approximate surface area is 211 Å². The number of carbonyl (C=O) groups excluding carboxylic acids is 2. The van der Waals surface area contributed by atoms with Crippen molar-refractivity contribution >= 4 is 64.0 Å². The number of anilines is 2. The van der Waals surface area contributed by atoms with Crippen LogP contribution in [0.25, 0.3) is 6.08 Å². The average molecular weight is 505 g/mol. The quantitative estimate of drug-likeness (QED) is 0.324. The number of phenolic OH excluding ortho intramolecular Hbond substituents is 1. The Kier molecular flexibility index (Phi) is 7.97. The molecule has 3 aromatic rings. The van der Waals surface area contributed by atoms with Crippen LogP contribution < -0.4 is 10.2 Å². The molecule has 4 rings (SSSR count). The van der Waals surface area contributed by atoms with Gasteiger partial charge in [0.1, 0.15) is 11.0 Å². The second-order valence-electron chi connectivity index (χ2n) is 7.47. The highest BCUT2D eigenvalue weighted by Crippen LogP contribution is 2.34. The van der Waals surface area contributed by atoms with Crippen LogP contribution in [0.2, 0.25) is 5.02 Å². The van der Waals surface area contributed by atoms with E-state index in [4.69, 9.17) is 11.6 Å². The third kappa shape index (κ3) is 6.59. The normalized spacial score (nSPS) is 17.1. The van der Waals surface area contributed by atoms with Gasteiger partial charge in [0.05, 0.1) is 5.69 Å². The van der Waals surface area contributed by atoms with E-state index in [-0.39, 0.29) is 24.0 Å². The van der Waals surface area contributed by atoms with E-state index in [0.29, 0.717) is 21.6 Å². The summed E-state index contributed by atoms with van der Waals surface area (Å²) in [4.78, 5) is 27.2. The standard InChI is InChI=1S/C26H21ClN4O3S/c27-19-8-10-20(11-9-19)29-24(33)17-23-25(34)31(21-12-14-22(32)15-13-21)26(35-23)30-28-16-4-7-18-5-2-1-3-6-18/h1-16,23,32H,17H2,(H,29,33). The molecule has 2 N–H and O–H groups in total. The maximum Gasteiger partial charge on any atom is 0.247 e. The van der Waals surface area contributed by atoms with E-state index in [1.807, 2.05) is 36.4 Å². The number of thioether (sulfide) groups is 1. The largest absolute Gasteiger partial charge is 0.508 e. The van der Waals surface area contributed by atoms with E-state index in [0.717, 1.165) is 5.56 Å². The highest BCUT2D eigenvalue weighted by molar-refractivity contribution is 8.16. The van der Waals surface area contributed by atoms with Crippen LogP contribution in [0.1, 0.15) is 12.0 Å². The lowest BCUT2D eigenvalue weighted by atomic mass is 10.2. The number of hydrogen-bond donors (Lipinski definition) is 2. The highest BCUT2D eigenvalue weighted by atomic mass is 35.5. The van der Waals surface area contributed by atoms with Crippen LogP contribution in [0.15, 0.2) is 95.1 Å². The number of nitrogens with zero attached hydrogens (tertiary/aromatic N) is 3. The maximum atomic E-state index is 13.2. The van der Waals surface area contributed by atoms with Crippen LogP contribution in [0.3, 0.4) is 0 Å². The van der Waals surface area contributed by atoms with Crippen molar-refractivity contribution in [1.82, 2.24) is 0 Å². The average Bonchev–Trinajstić information content (AvgIpc) is 3.16. The molecular weight excluding hydrogens is 484 g/mol. The predicted molar refractivity (Wildman–Crippen MR) is 143 cm³/mol. The third-order valence-electron chi connectivity index (χ3n) is 4.93. The Balaban J connectivity index is 1.49. The van der Waals surface area contributed by atoms with Gasteiger partial charge in [-0.1, -0.05) is 59.8 Å². The molecule has 1 unspecified atom stereocenters. The molecule has 1 atom stereocenters. The molecule has 0 radical (unpaired) electrons. The number of hydrogen-bond acceptors (Lipinski definition) is 6. The summed E-state index contributed by atoms with van der Waals surface area (Å²) in [5, 5.41) is 20.9. The molecule has 176 valence electrons. The molecule has 0 saturated carbocycles. The molecule has 0 bridgehead atoms. The monoisotopic (exact) mass is 504 g/mol. The van der Waals surface area contributed by atoms with Crippen LogP contribution in [-0.2, 0) is 9.59 Å². The molecular formula is C26H21ClN4O3S. The smallest absolute Gasteiger partial charge is 0.247 e. The number of nitrogens with one attached hydrogen (secondary N) is 1. The Morgan fingerprint density at radius 3 is 2.49 bits per heavy atom. The summed E-state index contributed by atoms with van der Waals surface area (Å²) >= 11 is 7.05. The topological polar surface area (TPSA) is 94.4 Å². The number of carbonyl (C=O) groups is 2. The number of benzene rings is 3. The van der Waals surface area contributed by atoms with Crippen molar-refractivity contribution in [3.63, 3.8) is 0 Å². The Morgan fingerprint density at radius 2 is 1.77 bits per heavy atom. The van der Waals surface area contributed by atoms with E-state index in [9.17, 15) is 14.7 Å². The van der Waals surface area contributed by atoms with Crippen molar-refractivity contribution in [2.75, 3.05) is 10.2 Å². The fourth-order valence-electron chi connectivity index (χ4n) is 3.26. The van der Waals surface area contributed by atoms with Gasteiger partial charge in [0, 0.05) is 23.3 Å². The summed E-state index contributed by atoms with van der Waals surface area (Å²) in [7, 11) is 0. The molecule has 1 fully saturated rings. The molecule has 0 aromatic heterocycles. The summed E-state index contributed by atoms with van der Waals surface area (Å²) in [6.45, 7) is 0. The first-order valence-corrected chi connectivity index (χ1v) is 11.9. The zero-order chi connectivity index (χ0) is 24.6. The lowest BCUT2D eigenvalue weighted by Gasteiger charge is -2.15. The zero-order valence-electron chi connectivity index (χ0n) is 18.4. The molecule has 3 aromatic carbocycles. The molecule has 1 aliphatic rings. The van der Waals surface area contributed by atoms with Gasteiger partial charge in [0.15, 0.2) is 5.17 Å². The number of amides is 2. The number of allylic oxidation sites excluding steroid dienone is 1. The first-order chi connectivity index (χ1) is 17.0. The van der Waals surface area contributed by atoms with Gasteiger partial charge in [-0.25, -0.2) is 0 Å². The second kappa shape index (κ2) is 11.5. The van der Waals surface area contributed by atoms with Crippen LogP contribution in [0.5, 0.6) is 5.75 Å². The van der Waals surface area contributed by atoms with Crippen LogP contribution in [0.4, 0.5) is 11.4 Å². The van der Waals surface area contributed by atoms with E-state index in [1.54, 1.807) is 42.5 Å². The van der Waals surface area contributed by atoms with Crippen LogP contribution >= 0.6 is 23.4 Å². The van der Waals surface area contributed by atoms with Gasteiger partial charge in [-0.05, 0) is 60.2 Å². The van der Waals surface area contributed by atoms with Crippen LogP contribution in [-0.4, -0.2) is 33.6 Å². The molecule has 7 nitrogen and oxygen atoms in total. The Hall–Kier alpha value is -3.88. The number of halogens is 1. The predicted octanol–water partition coefficient (Wildman–Crippen LogP) is 5.58. The first-order valence-electron chi connectivity index (χ1n) is 10.7. The van der Waals surface area contributed by atoms with Gasteiger partial charge in [0.2, 0.25) is 11.8 Å². The molecule has 1 aliphatic heterocycles. The minimum Gasteiger partial charge on any atom is -0.508 e. The third-order valence-corrected chi connectivity index (χ3v) is 6.31. The number of rotatable bonds is 7. The van der Waals surface area contributed by atoms with E-state index < -0.39 is 5.25 Å². The lowest BCUT2D eigenvalue weighted by molar-refractivity contribution is -0.121. The molecule has 35 heavy (non-hydrogen) atoms. The molecule has 9 heteroatoms. The van der Waals surface area contributed by atoms with Crippen molar-refractivity contribution in [3.05, 3.63) is 95.5 Å². The summed E-state index contributed by atoms with van der Waals surface area (Å²) in [5.74, 6) is -0.519. The number of aromatic hydroxyl groups is 1. The van der Waals surface area contributed by atoms with E-state index in [2.05, 4.69) is 15.5 Å². The minimum atomic E-state index is -0.676. The molecule has 1 saturated heterocycles. The number of amidine groups is 1. The Morgan fingerprint density at radius 1 is 1.06 bits per heavy atom. The van der Waals surface area contributed by atoms with Crippen molar-refractivity contribution in [3.8, 4) is 5.75 Å². The highest BCUT2D eigenvalue weighted by Gasteiger charge is 2.40. The molecule has 0 aliphatic carbocycles. The summed E-state index contributed by atoms with van der Waals surface area (Å²) in [5.41, 5.74) is 2.14.